The molecule has 0 spiro atoms. The van der Waals surface area contributed by atoms with E-state index in [0.717, 1.165) is 0 Å². The van der Waals surface area contributed by atoms with Gasteiger partial charge in [0.05, 0.1) is 16.8 Å². The highest BCUT2D eigenvalue weighted by Crippen LogP contribution is 2.32. The van der Waals surface area contributed by atoms with E-state index in [-0.39, 0.29) is 16.9 Å². The first-order valence-corrected chi connectivity index (χ1v) is 7.29. The number of nitrogens with one attached hydrogen (secondary N) is 1. The van der Waals surface area contributed by atoms with E-state index >= 15 is 0 Å². The molecule has 1 atom stereocenters. The number of hydrogen-bond donors (Lipinski definition) is 1. The SMILES string of the molecule is CC(Nc1cc(F)ccc1Br)c1cc(F)c(Cl)cc1Cl. The first kappa shape index (κ1) is 15.5. The summed E-state index contributed by atoms with van der Waals surface area (Å²) >= 11 is 15.0. The van der Waals surface area contributed by atoms with Crippen molar-refractivity contribution in [3.8, 4) is 0 Å². The Kier molecular flexibility index (Phi) is 4.89. The quantitative estimate of drug-likeness (QED) is 0.624. The Bertz CT molecular complexity index is 649. The lowest BCUT2D eigenvalue weighted by atomic mass is 10.1. The van der Waals surface area contributed by atoms with E-state index in [9.17, 15) is 8.78 Å². The normalized spacial score (nSPS) is 12.3. The molecule has 0 bridgehead atoms. The summed E-state index contributed by atoms with van der Waals surface area (Å²) in [5, 5.41) is 3.39. The maximum absolute atomic E-state index is 13.5. The molecule has 1 unspecified atom stereocenters. The summed E-state index contributed by atoms with van der Waals surface area (Å²) in [6, 6.07) is 6.60. The minimum Gasteiger partial charge on any atom is -0.377 e. The average Bonchev–Trinajstić information content (AvgIpc) is 2.38. The fourth-order valence-corrected chi connectivity index (χ4v) is 2.70. The maximum atomic E-state index is 13.5. The molecule has 6 heteroatoms. The van der Waals surface area contributed by atoms with Crippen molar-refractivity contribution in [2.45, 2.75) is 13.0 Å². The average molecular weight is 381 g/mol. The molecule has 0 aliphatic carbocycles. The Morgan fingerprint density at radius 1 is 1.10 bits per heavy atom. The molecule has 0 radical (unpaired) electrons. The zero-order valence-corrected chi connectivity index (χ0v) is 13.5. The van der Waals surface area contributed by atoms with Crippen LogP contribution in [0.2, 0.25) is 10.0 Å². The van der Waals surface area contributed by atoms with Gasteiger partial charge < -0.3 is 5.32 Å². The van der Waals surface area contributed by atoms with Crippen molar-refractivity contribution in [2.24, 2.45) is 0 Å². The van der Waals surface area contributed by atoms with Gasteiger partial charge in [-0.1, -0.05) is 23.2 Å². The summed E-state index contributed by atoms with van der Waals surface area (Å²) in [4.78, 5) is 0. The van der Waals surface area contributed by atoms with E-state index in [2.05, 4.69) is 21.2 Å². The molecule has 2 rings (SSSR count). The number of anilines is 1. The third-order valence-corrected chi connectivity index (χ3v) is 4.12. The molecule has 0 heterocycles. The molecule has 20 heavy (non-hydrogen) atoms. The molecule has 1 N–H and O–H groups in total. The summed E-state index contributed by atoms with van der Waals surface area (Å²) in [6.45, 7) is 1.80. The Labute approximate surface area is 134 Å². The fourth-order valence-electron chi connectivity index (χ4n) is 1.79. The summed E-state index contributed by atoms with van der Waals surface area (Å²) in [5.41, 5.74) is 1.11. The molecule has 0 aliphatic heterocycles. The standard InChI is InChI=1S/C14H10BrCl2F2N/c1-7(9-5-13(19)12(17)6-11(9)16)20-14-4-8(18)2-3-10(14)15/h2-7,20H,1H3. The molecule has 0 aliphatic rings. The van der Waals surface area contributed by atoms with Gasteiger partial charge in [-0.05, 0) is 58.7 Å². The minimum absolute atomic E-state index is 0.0297. The van der Waals surface area contributed by atoms with Gasteiger partial charge in [-0.25, -0.2) is 8.78 Å². The van der Waals surface area contributed by atoms with E-state index in [1.165, 1.54) is 24.3 Å². The third-order valence-electron chi connectivity index (χ3n) is 2.81. The third kappa shape index (κ3) is 3.43. The second-order valence-electron chi connectivity index (χ2n) is 4.28. The van der Waals surface area contributed by atoms with Crippen molar-refractivity contribution < 1.29 is 8.78 Å². The van der Waals surface area contributed by atoms with E-state index < -0.39 is 5.82 Å². The smallest absolute Gasteiger partial charge is 0.142 e. The minimum atomic E-state index is -0.543. The molecular formula is C14H10BrCl2F2N. The van der Waals surface area contributed by atoms with Crippen molar-refractivity contribution in [1.29, 1.82) is 0 Å². The van der Waals surface area contributed by atoms with Crippen LogP contribution in [0.25, 0.3) is 0 Å². The number of rotatable bonds is 3. The van der Waals surface area contributed by atoms with Crippen molar-refractivity contribution in [1.82, 2.24) is 0 Å². The Morgan fingerprint density at radius 2 is 1.80 bits per heavy atom. The lowest BCUT2D eigenvalue weighted by Gasteiger charge is -2.18. The van der Waals surface area contributed by atoms with E-state index in [1.807, 2.05) is 0 Å². The Hall–Kier alpha value is -0.840. The van der Waals surface area contributed by atoms with Gasteiger partial charge in [-0.3, -0.25) is 0 Å². The van der Waals surface area contributed by atoms with Crippen molar-refractivity contribution in [3.05, 3.63) is 62.0 Å². The van der Waals surface area contributed by atoms with E-state index in [4.69, 9.17) is 23.2 Å². The molecule has 1 nitrogen and oxygen atoms in total. The van der Waals surface area contributed by atoms with Crippen LogP contribution in [0, 0.1) is 11.6 Å². The Balaban J connectivity index is 2.30. The van der Waals surface area contributed by atoms with Crippen LogP contribution in [0.4, 0.5) is 14.5 Å². The molecule has 0 saturated heterocycles. The van der Waals surface area contributed by atoms with Gasteiger partial charge in [0, 0.05) is 9.50 Å². The first-order valence-electron chi connectivity index (χ1n) is 5.74. The maximum Gasteiger partial charge on any atom is 0.142 e. The Morgan fingerprint density at radius 3 is 2.50 bits per heavy atom. The van der Waals surface area contributed by atoms with Gasteiger partial charge in [-0.2, -0.15) is 0 Å². The second kappa shape index (κ2) is 6.29. The van der Waals surface area contributed by atoms with Gasteiger partial charge in [-0.15, -0.1) is 0 Å². The van der Waals surface area contributed by atoms with Crippen LogP contribution in [0.3, 0.4) is 0 Å². The summed E-state index contributed by atoms with van der Waals surface area (Å²) in [5.74, 6) is -0.908. The highest BCUT2D eigenvalue weighted by Gasteiger charge is 2.14. The zero-order chi connectivity index (χ0) is 14.9. The molecule has 0 saturated carbocycles. The van der Waals surface area contributed by atoms with Crippen LogP contribution >= 0.6 is 39.1 Å². The largest absolute Gasteiger partial charge is 0.377 e. The van der Waals surface area contributed by atoms with E-state index in [1.54, 1.807) is 13.0 Å². The lowest BCUT2D eigenvalue weighted by molar-refractivity contribution is 0.623. The molecule has 106 valence electrons. The summed E-state index contributed by atoms with van der Waals surface area (Å²) < 4.78 is 27.5. The van der Waals surface area contributed by atoms with Crippen molar-refractivity contribution >= 4 is 44.8 Å². The van der Waals surface area contributed by atoms with Gasteiger partial charge in [0.1, 0.15) is 11.6 Å². The van der Waals surface area contributed by atoms with Crippen LogP contribution in [-0.2, 0) is 0 Å². The number of hydrogen-bond acceptors (Lipinski definition) is 1. The van der Waals surface area contributed by atoms with Crippen LogP contribution < -0.4 is 5.32 Å². The highest BCUT2D eigenvalue weighted by atomic mass is 79.9. The van der Waals surface area contributed by atoms with Crippen LogP contribution in [0.1, 0.15) is 18.5 Å². The van der Waals surface area contributed by atoms with Gasteiger partial charge in [0.2, 0.25) is 0 Å². The van der Waals surface area contributed by atoms with Gasteiger partial charge >= 0.3 is 0 Å². The molecule has 2 aromatic carbocycles. The van der Waals surface area contributed by atoms with Crippen LogP contribution in [0.5, 0.6) is 0 Å². The molecular weight excluding hydrogens is 371 g/mol. The summed E-state index contributed by atoms with van der Waals surface area (Å²) in [7, 11) is 0. The summed E-state index contributed by atoms with van der Waals surface area (Å²) in [6.07, 6.45) is 0. The topological polar surface area (TPSA) is 12.0 Å². The molecule has 0 fully saturated rings. The van der Waals surface area contributed by atoms with Crippen LogP contribution in [0.15, 0.2) is 34.8 Å². The van der Waals surface area contributed by atoms with Crippen molar-refractivity contribution in [3.63, 3.8) is 0 Å². The molecule has 0 aromatic heterocycles. The molecule has 2 aromatic rings. The second-order valence-corrected chi connectivity index (χ2v) is 5.95. The first-order chi connectivity index (χ1) is 9.38. The van der Waals surface area contributed by atoms with Crippen molar-refractivity contribution in [2.75, 3.05) is 5.32 Å². The van der Waals surface area contributed by atoms with Crippen LogP contribution in [-0.4, -0.2) is 0 Å². The zero-order valence-electron chi connectivity index (χ0n) is 10.4. The fraction of sp³-hybridized carbons (Fsp3) is 0.143. The monoisotopic (exact) mass is 379 g/mol. The van der Waals surface area contributed by atoms with E-state index in [0.29, 0.717) is 20.7 Å². The lowest BCUT2D eigenvalue weighted by Crippen LogP contribution is -2.08. The predicted molar refractivity (Wildman–Crippen MR) is 82.6 cm³/mol. The van der Waals surface area contributed by atoms with Gasteiger partial charge in [0.15, 0.2) is 0 Å². The number of halogens is 5. The number of benzene rings is 2. The predicted octanol–water partition coefficient (Wildman–Crippen LogP) is 6.21. The molecule has 0 amide bonds. The highest BCUT2D eigenvalue weighted by molar-refractivity contribution is 9.10. The van der Waals surface area contributed by atoms with Gasteiger partial charge in [0.25, 0.3) is 0 Å².